The molecule has 0 bridgehead atoms. The molecule has 0 aliphatic heterocycles. The van der Waals surface area contributed by atoms with Gasteiger partial charge >= 0.3 is 0 Å². The predicted molar refractivity (Wildman–Crippen MR) is 86.7 cm³/mol. The van der Waals surface area contributed by atoms with Crippen LogP contribution in [0.2, 0.25) is 0 Å². The van der Waals surface area contributed by atoms with E-state index in [1.807, 2.05) is 30.3 Å². The Morgan fingerprint density at radius 3 is 2.52 bits per heavy atom. The lowest BCUT2D eigenvalue weighted by atomic mass is 10.2. The predicted octanol–water partition coefficient (Wildman–Crippen LogP) is 3.80. The number of halogens is 1. The van der Waals surface area contributed by atoms with Crippen LogP contribution in [-0.2, 0) is 10.0 Å². The van der Waals surface area contributed by atoms with E-state index < -0.39 is 10.0 Å². The molecule has 0 spiro atoms. The molecule has 3 rings (SSSR count). The maximum atomic E-state index is 12.4. The number of hydrogen-bond donors (Lipinski definition) is 1. The molecule has 21 heavy (non-hydrogen) atoms. The van der Waals surface area contributed by atoms with E-state index in [-0.39, 0.29) is 4.90 Å². The fraction of sp³-hybridized carbons (Fsp3) is 0. The Labute approximate surface area is 131 Å². The van der Waals surface area contributed by atoms with Gasteiger partial charge in [-0.2, -0.15) is 0 Å². The van der Waals surface area contributed by atoms with Gasteiger partial charge in [0.15, 0.2) is 0 Å². The normalized spacial score (nSPS) is 11.5. The van der Waals surface area contributed by atoms with Crippen molar-refractivity contribution in [2.24, 2.45) is 0 Å². The first kappa shape index (κ1) is 14.0. The summed E-state index contributed by atoms with van der Waals surface area (Å²) >= 11 is 3.32. The Morgan fingerprint density at radius 2 is 1.71 bits per heavy atom. The molecule has 0 radical (unpaired) electrons. The molecule has 6 heteroatoms. The third kappa shape index (κ3) is 2.91. The topological polar surface area (TPSA) is 59.1 Å². The summed E-state index contributed by atoms with van der Waals surface area (Å²) in [7, 11) is -3.67. The first-order chi connectivity index (χ1) is 10.1. The van der Waals surface area contributed by atoms with Gasteiger partial charge in [0.2, 0.25) is 0 Å². The van der Waals surface area contributed by atoms with Gasteiger partial charge in [-0.05, 0) is 40.2 Å². The molecule has 0 saturated heterocycles. The maximum Gasteiger partial charge on any atom is 0.263 e. The van der Waals surface area contributed by atoms with Crippen LogP contribution < -0.4 is 4.72 Å². The zero-order chi connectivity index (χ0) is 14.9. The number of nitrogens with zero attached hydrogens (tertiary/aromatic N) is 1. The molecule has 3 aromatic rings. The highest BCUT2D eigenvalue weighted by Gasteiger charge is 2.16. The Balaban J connectivity index is 2.02. The number of anilines is 1. The van der Waals surface area contributed by atoms with E-state index in [9.17, 15) is 8.42 Å². The summed E-state index contributed by atoms with van der Waals surface area (Å²) in [5, 5.41) is 0.785. The molecule has 0 aliphatic rings. The summed E-state index contributed by atoms with van der Waals surface area (Å²) in [5.74, 6) is 0. The van der Waals surface area contributed by atoms with Crippen LogP contribution >= 0.6 is 15.9 Å². The highest BCUT2D eigenvalue weighted by Crippen LogP contribution is 2.25. The highest BCUT2D eigenvalue weighted by atomic mass is 79.9. The minimum absolute atomic E-state index is 0.136. The van der Waals surface area contributed by atoms with Gasteiger partial charge in [-0.25, -0.2) is 8.42 Å². The molecule has 1 aromatic heterocycles. The lowest BCUT2D eigenvalue weighted by Gasteiger charge is -2.10. The van der Waals surface area contributed by atoms with Crippen LogP contribution in [0, 0.1) is 0 Å². The minimum Gasteiger partial charge on any atom is -0.278 e. The molecule has 0 amide bonds. The molecular formula is C15H11BrN2O2S. The fourth-order valence-electron chi connectivity index (χ4n) is 1.95. The van der Waals surface area contributed by atoms with Crippen LogP contribution in [0.1, 0.15) is 0 Å². The SMILES string of the molecule is O=S(=O)(Nc1ccccc1Br)c1cnc2ccccc2c1. The van der Waals surface area contributed by atoms with Crippen molar-refractivity contribution in [3.05, 3.63) is 65.3 Å². The van der Waals surface area contributed by atoms with E-state index in [0.29, 0.717) is 10.2 Å². The molecule has 0 saturated carbocycles. The van der Waals surface area contributed by atoms with Crippen LogP contribution in [0.4, 0.5) is 5.69 Å². The number of hydrogen-bond acceptors (Lipinski definition) is 3. The van der Waals surface area contributed by atoms with Crippen molar-refractivity contribution >= 4 is 42.5 Å². The number of nitrogens with one attached hydrogen (secondary N) is 1. The molecule has 2 aromatic carbocycles. The molecule has 0 atom stereocenters. The number of benzene rings is 2. The van der Waals surface area contributed by atoms with Gasteiger partial charge in [-0.3, -0.25) is 9.71 Å². The summed E-state index contributed by atoms with van der Waals surface area (Å²) in [5.41, 5.74) is 1.25. The van der Waals surface area contributed by atoms with E-state index >= 15 is 0 Å². The number of fused-ring (bicyclic) bond motifs is 1. The zero-order valence-electron chi connectivity index (χ0n) is 10.8. The van der Waals surface area contributed by atoms with E-state index in [1.165, 1.54) is 6.20 Å². The van der Waals surface area contributed by atoms with Crippen LogP contribution in [0.3, 0.4) is 0 Å². The van der Waals surface area contributed by atoms with Gasteiger partial charge < -0.3 is 0 Å². The summed E-state index contributed by atoms with van der Waals surface area (Å²) < 4.78 is 28.1. The Hall–Kier alpha value is -1.92. The lowest BCUT2D eigenvalue weighted by Crippen LogP contribution is -2.13. The monoisotopic (exact) mass is 362 g/mol. The quantitative estimate of drug-likeness (QED) is 0.770. The first-order valence-electron chi connectivity index (χ1n) is 6.18. The van der Waals surface area contributed by atoms with Gasteiger partial charge in [-0.1, -0.05) is 30.3 Å². The second kappa shape index (κ2) is 5.46. The molecule has 1 heterocycles. The average Bonchev–Trinajstić information content (AvgIpc) is 2.49. The molecule has 106 valence electrons. The summed E-state index contributed by atoms with van der Waals surface area (Å²) in [6.07, 6.45) is 1.36. The molecule has 4 nitrogen and oxygen atoms in total. The van der Waals surface area contributed by atoms with Crippen molar-refractivity contribution < 1.29 is 8.42 Å². The zero-order valence-corrected chi connectivity index (χ0v) is 13.2. The minimum atomic E-state index is -3.67. The number of rotatable bonds is 3. The summed E-state index contributed by atoms with van der Waals surface area (Å²) in [4.78, 5) is 4.32. The average molecular weight is 363 g/mol. The highest BCUT2D eigenvalue weighted by molar-refractivity contribution is 9.10. The Bertz CT molecular complexity index is 910. The second-order valence-corrected chi connectivity index (χ2v) is 6.99. The van der Waals surface area contributed by atoms with E-state index in [1.54, 1.807) is 24.3 Å². The Morgan fingerprint density at radius 1 is 1.00 bits per heavy atom. The smallest absolute Gasteiger partial charge is 0.263 e. The van der Waals surface area contributed by atoms with Gasteiger partial charge in [0.1, 0.15) is 4.90 Å². The van der Waals surface area contributed by atoms with Crippen molar-refractivity contribution in [3.63, 3.8) is 0 Å². The van der Waals surface area contributed by atoms with E-state index in [2.05, 4.69) is 25.6 Å². The van der Waals surface area contributed by atoms with Crippen molar-refractivity contribution in [2.45, 2.75) is 4.90 Å². The van der Waals surface area contributed by atoms with Crippen LogP contribution in [0.5, 0.6) is 0 Å². The number of para-hydroxylation sites is 2. The van der Waals surface area contributed by atoms with Crippen LogP contribution in [-0.4, -0.2) is 13.4 Å². The number of aromatic nitrogens is 1. The standard InChI is InChI=1S/C15H11BrN2O2S/c16-13-6-2-4-8-15(13)18-21(19,20)12-9-11-5-1-3-7-14(11)17-10-12/h1-10,18H. The van der Waals surface area contributed by atoms with Gasteiger partial charge in [0.05, 0.1) is 11.2 Å². The molecule has 1 N–H and O–H groups in total. The van der Waals surface area contributed by atoms with Gasteiger partial charge in [0.25, 0.3) is 10.0 Å². The van der Waals surface area contributed by atoms with Gasteiger partial charge in [0, 0.05) is 16.1 Å². The van der Waals surface area contributed by atoms with Crippen molar-refractivity contribution in [1.82, 2.24) is 4.98 Å². The third-order valence-corrected chi connectivity index (χ3v) is 5.02. The van der Waals surface area contributed by atoms with E-state index in [0.717, 1.165) is 10.9 Å². The summed E-state index contributed by atoms with van der Waals surface area (Å²) in [6.45, 7) is 0. The van der Waals surface area contributed by atoms with Crippen LogP contribution in [0.15, 0.2) is 70.2 Å². The number of pyridine rings is 1. The van der Waals surface area contributed by atoms with Crippen LogP contribution in [0.25, 0.3) is 10.9 Å². The first-order valence-corrected chi connectivity index (χ1v) is 8.46. The van der Waals surface area contributed by atoms with Gasteiger partial charge in [-0.15, -0.1) is 0 Å². The number of sulfonamides is 1. The largest absolute Gasteiger partial charge is 0.278 e. The van der Waals surface area contributed by atoms with Crippen molar-refractivity contribution in [2.75, 3.05) is 4.72 Å². The molecule has 0 fully saturated rings. The van der Waals surface area contributed by atoms with E-state index in [4.69, 9.17) is 0 Å². The molecule has 0 aliphatic carbocycles. The lowest BCUT2D eigenvalue weighted by molar-refractivity contribution is 0.601. The second-order valence-electron chi connectivity index (χ2n) is 4.45. The summed E-state index contributed by atoms with van der Waals surface area (Å²) in [6, 6.07) is 16.0. The maximum absolute atomic E-state index is 12.4. The molecule has 0 unspecified atom stereocenters. The van der Waals surface area contributed by atoms with Crippen molar-refractivity contribution in [3.8, 4) is 0 Å². The molecular weight excluding hydrogens is 352 g/mol. The third-order valence-electron chi connectivity index (χ3n) is 2.99. The Kier molecular flexibility index (Phi) is 3.65. The fourth-order valence-corrected chi connectivity index (χ4v) is 3.52. The van der Waals surface area contributed by atoms with Crippen molar-refractivity contribution in [1.29, 1.82) is 0 Å².